The molecule has 0 radical (unpaired) electrons. The van der Waals surface area contributed by atoms with Crippen LogP contribution in [0.3, 0.4) is 0 Å². The van der Waals surface area contributed by atoms with E-state index in [1.54, 1.807) is 24.3 Å². The van der Waals surface area contributed by atoms with Gasteiger partial charge >= 0.3 is 0 Å². The van der Waals surface area contributed by atoms with Crippen molar-refractivity contribution in [3.8, 4) is 11.4 Å². The molecule has 3 aromatic heterocycles. The molecule has 218 valence electrons. The van der Waals surface area contributed by atoms with Gasteiger partial charge in [0, 0.05) is 17.8 Å². The molecule has 7 rings (SSSR count). The first-order valence-corrected chi connectivity index (χ1v) is 13.6. The number of nitrogens with one attached hydrogen (secondary N) is 4. The van der Waals surface area contributed by atoms with E-state index in [1.807, 2.05) is 18.2 Å². The lowest BCUT2D eigenvalue weighted by Crippen LogP contribution is -2.36. The van der Waals surface area contributed by atoms with Gasteiger partial charge in [-0.2, -0.15) is 5.21 Å². The van der Waals surface area contributed by atoms with E-state index in [-0.39, 0.29) is 35.3 Å². The van der Waals surface area contributed by atoms with Crippen molar-refractivity contribution in [2.24, 2.45) is 0 Å². The number of nitrogens with two attached hydrogens (primary N) is 1. The number of benzene rings is 2. The molecule has 44 heavy (non-hydrogen) atoms. The number of aryl methyl sites for hydroxylation is 1. The number of carbonyl (C=O) groups excluding carboxylic acids is 2. The third kappa shape index (κ3) is 4.71. The Labute approximate surface area is 247 Å². The van der Waals surface area contributed by atoms with Crippen LogP contribution in [0.25, 0.3) is 17.0 Å². The van der Waals surface area contributed by atoms with Crippen LogP contribution in [0.4, 0.5) is 17.1 Å². The topological polar surface area (TPSA) is 215 Å². The van der Waals surface area contributed by atoms with Gasteiger partial charge in [-0.25, -0.2) is 9.97 Å². The van der Waals surface area contributed by atoms with E-state index in [9.17, 15) is 19.2 Å². The van der Waals surface area contributed by atoms with Crippen molar-refractivity contribution in [3.63, 3.8) is 0 Å². The van der Waals surface area contributed by atoms with E-state index < -0.39 is 22.7 Å². The minimum atomic E-state index is -0.712. The molecular weight excluding hydrogens is 566 g/mol. The van der Waals surface area contributed by atoms with Crippen LogP contribution in [0.2, 0.25) is 0 Å². The standard InChI is InChI=1S/C29H23N11O4/c30-23-24(26(42)25(23)41)33-17-3-1-2-14(8-17)11-32-29(44)21-10-20(34-22-12-31-13-40(21)22)28(43)35-19-7-5-15-9-16(4-6-18(15)19)27-36-38-39-37-27/h1-4,6,8-10,12-13,19,33H,5,7,11,30H2,(H,32,44)(H,35,43)(H,36,37,38,39)/t19-/m0/s1. The van der Waals surface area contributed by atoms with Crippen LogP contribution in [0.15, 0.2) is 70.6 Å². The first kappa shape index (κ1) is 26.6. The number of aromatic nitrogens is 7. The number of hydrogen-bond acceptors (Lipinski definition) is 11. The number of fused-ring (bicyclic) bond motifs is 2. The summed E-state index contributed by atoms with van der Waals surface area (Å²) in [6.45, 7) is 0.139. The largest absolute Gasteiger partial charge is 0.394 e. The number of nitrogen functional groups attached to an aromatic ring is 1. The minimum Gasteiger partial charge on any atom is -0.394 e. The molecule has 0 unspecified atom stereocenters. The third-order valence-corrected chi connectivity index (χ3v) is 7.58. The maximum atomic E-state index is 13.4. The number of carbonyl (C=O) groups is 2. The zero-order valence-electron chi connectivity index (χ0n) is 22.9. The van der Waals surface area contributed by atoms with Gasteiger partial charge in [-0.1, -0.05) is 24.3 Å². The number of hydrogen-bond donors (Lipinski definition) is 5. The van der Waals surface area contributed by atoms with Gasteiger partial charge in [0.15, 0.2) is 5.65 Å². The van der Waals surface area contributed by atoms with Crippen LogP contribution in [-0.2, 0) is 13.0 Å². The van der Waals surface area contributed by atoms with Crippen LogP contribution in [-0.4, -0.2) is 46.8 Å². The van der Waals surface area contributed by atoms with Crippen molar-refractivity contribution in [2.75, 3.05) is 11.1 Å². The summed E-state index contributed by atoms with van der Waals surface area (Å²) < 4.78 is 1.50. The number of amides is 2. The van der Waals surface area contributed by atoms with E-state index in [4.69, 9.17) is 5.73 Å². The Morgan fingerprint density at radius 2 is 1.95 bits per heavy atom. The molecule has 0 saturated carbocycles. The maximum absolute atomic E-state index is 13.4. The second kappa shape index (κ2) is 10.5. The van der Waals surface area contributed by atoms with E-state index >= 15 is 0 Å². The van der Waals surface area contributed by atoms with Crippen LogP contribution in [0, 0.1) is 0 Å². The molecule has 15 nitrogen and oxygen atoms in total. The molecule has 3 heterocycles. The summed E-state index contributed by atoms with van der Waals surface area (Å²) in [5.41, 5.74) is 8.95. The monoisotopic (exact) mass is 589 g/mol. The van der Waals surface area contributed by atoms with Crippen molar-refractivity contribution in [1.29, 1.82) is 0 Å². The number of rotatable bonds is 8. The highest BCUT2D eigenvalue weighted by Gasteiger charge is 2.26. The van der Waals surface area contributed by atoms with E-state index in [2.05, 4.69) is 46.5 Å². The minimum absolute atomic E-state index is 0.0518. The maximum Gasteiger partial charge on any atom is 0.270 e. The summed E-state index contributed by atoms with van der Waals surface area (Å²) in [4.78, 5) is 58.4. The molecule has 1 atom stereocenters. The molecule has 6 N–H and O–H groups in total. The van der Waals surface area contributed by atoms with Crippen LogP contribution in [0.1, 0.15) is 50.1 Å². The molecule has 1 aliphatic carbocycles. The van der Waals surface area contributed by atoms with E-state index in [0.717, 1.165) is 28.7 Å². The summed E-state index contributed by atoms with van der Waals surface area (Å²) in [7, 11) is 0. The number of tetrazole rings is 1. The third-order valence-electron chi connectivity index (χ3n) is 7.58. The lowest BCUT2D eigenvalue weighted by atomic mass is 10.0. The summed E-state index contributed by atoms with van der Waals surface area (Å²) in [6, 6.07) is 14.0. The van der Waals surface area contributed by atoms with Crippen LogP contribution in [0.5, 0.6) is 0 Å². The molecule has 0 saturated heterocycles. The first-order valence-electron chi connectivity index (χ1n) is 13.6. The fourth-order valence-electron chi connectivity index (χ4n) is 5.33. The Kier molecular flexibility index (Phi) is 6.38. The lowest BCUT2D eigenvalue weighted by molar-refractivity contribution is 0.0931. The highest BCUT2D eigenvalue weighted by Crippen LogP contribution is 2.33. The molecule has 0 fully saturated rings. The smallest absolute Gasteiger partial charge is 0.270 e. The average molecular weight is 590 g/mol. The number of imidazole rings is 1. The molecule has 3 aromatic carbocycles. The molecule has 2 amide bonds. The van der Waals surface area contributed by atoms with Gasteiger partial charge in [0.25, 0.3) is 22.7 Å². The van der Waals surface area contributed by atoms with Crippen molar-refractivity contribution in [1.82, 2.24) is 45.6 Å². The molecule has 0 bridgehead atoms. The number of nitrogens with zero attached hydrogens (tertiary/aromatic N) is 6. The number of H-pyrrole nitrogens is 1. The van der Waals surface area contributed by atoms with Gasteiger partial charge < -0.3 is 21.7 Å². The van der Waals surface area contributed by atoms with Crippen molar-refractivity contribution in [2.45, 2.75) is 25.4 Å². The molecule has 6 aromatic rings. The molecule has 1 aliphatic rings. The summed E-state index contributed by atoms with van der Waals surface area (Å²) >= 11 is 0. The van der Waals surface area contributed by atoms with Crippen molar-refractivity contribution in [3.05, 3.63) is 110 Å². The lowest BCUT2D eigenvalue weighted by Gasteiger charge is -2.15. The van der Waals surface area contributed by atoms with Gasteiger partial charge in [0.1, 0.15) is 29.1 Å². The predicted molar refractivity (Wildman–Crippen MR) is 158 cm³/mol. The number of aromatic amines is 1. The molecule has 0 spiro atoms. The Bertz CT molecular complexity index is 2150. The van der Waals surface area contributed by atoms with Gasteiger partial charge in [-0.15, -0.1) is 10.2 Å². The second-order valence-corrected chi connectivity index (χ2v) is 10.3. The summed E-state index contributed by atoms with van der Waals surface area (Å²) in [5.74, 6) is -0.367. The van der Waals surface area contributed by atoms with E-state index in [1.165, 1.54) is 23.0 Å². The summed E-state index contributed by atoms with van der Waals surface area (Å²) in [6.07, 6.45) is 4.40. The SMILES string of the molecule is Nc1c(Nc2cccc(CNC(=O)c3cc(C(=O)N[C@H]4CCc5cc(-c6nn[nH]n6)ccc54)nc4cncn34)c2)c(=O)c1=O. The zero-order chi connectivity index (χ0) is 30.4. The van der Waals surface area contributed by atoms with Crippen molar-refractivity contribution < 1.29 is 9.59 Å². The summed E-state index contributed by atoms with van der Waals surface area (Å²) in [5, 5.41) is 22.9. The fraction of sp³-hybridized carbons (Fsp3) is 0.138. The van der Waals surface area contributed by atoms with Crippen LogP contribution < -0.4 is 32.5 Å². The van der Waals surface area contributed by atoms with Crippen molar-refractivity contribution >= 4 is 34.5 Å². The van der Waals surface area contributed by atoms with Gasteiger partial charge in [0.05, 0.1) is 12.2 Å². The van der Waals surface area contributed by atoms with Gasteiger partial charge in [0.2, 0.25) is 5.82 Å². The zero-order valence-corrected chi connectivity index (χ0v) is 22.9. The molecule has 0 aliphatic heterocycles. The fourth-order valence-corrected chi connectivity index (χ4v) is 5.33. The average Bonchev–Trinajstić information content (AvgIpc) is 3.83. The Morgan fingerprint density at radius 3 is 2.77 bits per heavy atom. The highest BCUT2D eigenvalue weighted by molar-refractivity contribution is 5.98. The molecular formula is C29H23N11O4. The number of anilines is 3. The van der Waals surface area contributed by atoms with Gasteiger partial charge in [-0.05, 0) is 59.0 Å². The Balaban J connectivity index is 1.06. The van der Waals surface area contributed by atoms with Crippen LogP contribution >= 0.6 is 0 Å². The predicted octanol–water partition coefficient (Wildman–Crippen LogP) is 1.18. The highest BCUT2D eigenvalue weighted by atomic mass is 16.2. The second-order valence-electron chi connectivity index (χ2n) is 10.3. The Hall–Kier alpha value is -6.25. The first-order chi connectivity index (χ1) is 21.4. The molecule has 15 heteroatoms. The quantitative estimate of drug-likeness (QED) is 0.159. The van der Waals surface area contributed by atoms with E-state index in [0.29, 0.717) is 23.6 Å². The van der Waals surface area contributed by atoms with Gasteiger partial charge in [-0.3, -0.25) is 23.6 Å². The normalized spacial score (nSPS) is 14.0. The Morgan fingerprint density at radius 1 is 1.07 bits per heavy atom.